The number of aliphatic hydroxyl groups excluding tert-OH is 4. The third-order valence-corrected chi connectivity index (χ3v) is 7.53. The summed E-state index contributed by atoms with van der Waals surface area (Å²) in [7, 11) is 0. The molecule has 2 saturated heterocycles. The quantitative estimate of drug-likeness (QED) is 0.0859. The zero-order valence-electron chi connectivity index (χ0n) is 25.4. The molecule has 0 aromatic heterocycles. The summed E-state index contributed by atoms with van der Waals surface area (Å²) in [5, 5.41) is 80.7. The Morgan fingerprint density at radius 2 is 1.49 bits per heavy atom. The van der Waals surface area contributed by atoms with E-state index in [0.717, 1.165) is 13.0 Å². The molecule has 0 radical (unpaired) electrons. The van der Waals surface area contributed by atoms with Gasteiger partial charge >= 0.3 is 11.9 Å². The van der Waals surface area contributed by atoms with Gasteiger partial charge in [-0.15, -0.1) is 0 Å². The molecular weight excluding hydrogens is 628 g/mol. The molecule has 16 heteroatoms. The van der Waals surface area contributed by atoms with E-state index in [-0.39, 0.29) is 30.3 Å². The summed E-state index contributed by atoms with van der Waals surface area (Å²) in [4.78, 5) is 24.6. The Morgan fingerprint density at radius 3 is 2.15 bits per heavy atom. The summed E-state index contributed by atoms with van der Waals surface area (Å²) < 4.78 is 33.8. The highest BCUT2D eigenvalue weighted by Crippen LogP contribution is 2.32. The van der Waals surface area contributed by atoms with Crippen molar-refractivity contribution in [3.05, 3.63) is 53.6 Å². The number of carbonyl (C=O) groups is 2. The predicted octanol–water partition coefficient (Wildman–Crippen LogP) is -0.445. The standard InChI is InChI=1S/C31H38O16/c1-14-24(38)26(40)27(41)30(44-14)47-28-25(39)22(13-43-23(37)8-5-16-3-6-18(33)20(35)11-16)46-31(29(28)45-15(2)32)42-10-9-17-4-7-19(34)21(36)12-17/h3-8,11-12,14,22,24-31,33-36,38-41H,9-10,13H2,1-2H3/t14-,22+,24-,25+,26+,27+,28-,29+,30-,31+/m0/s1. The summed E-state index contributed by atoms with van der Waals surface area (Å²) in [6, 6.07) is 8.02. The average molecular weight is 667 g/mol. The molecule has 8 N–H and O–H groups in total. The van der Waals surface area contributed by atoms with Crippen LogP contribution in [-0.2, 0) is 44.4 Å². The van der Waals surface area contributed by atoms with E-state index < -0.39 is 85.7 Å². The van der Waals surface area contributed by atoms with Gasteiger partial charge in [0, 0.05) is 13.0 Å². The van der Waals surface area contributed by atoms with Gasteiger partial charge in [0.25, 0.3) is 0 Å². The molecule has 4 rings (SSSR count). The van der Waals surface area contributed by atoms with Crippen LogP contribution in [0.15, 0.2) is 42.5 Å². The molecule has 258 valence electrons. The van der Waals surface area contributed by atoms with Gasteiger partial charge in [0.1, 0.15) is 43.2 Å². The van der Waals surface area contributed by atoms with E-state index in [9.17, 15) is 50.4 Å². The van der Waals surface area contributed by atoms with Gasteiger partial charge in [-0.1, -0.05) is 12.1 Å². The lowest BCUT2D eigenvalue weighted by atomic mass is 9.97. The van der Waals surface area contributed by atoms with Gasteiger partial charge in [0.15, 0.2) is 41.7 Å². The first-order valence-corrected chi connectivity index (χ1v) is 14.6. The Balaban J connectivity index is 1.53. The van der Waals surface area contributed by atoms with Gasteiger partial charge in [0.05, 0.1) is 12.7 Å². The van der Waals surface area contributed by atoms with Crippen molar-refractivity contribution in [2.75, 3.05) is 13.2 Å². The summed E-state index contributed by atoms with van der Waals surface area (Å²) >= 11 is 0. The highest BCUT2D eigenvalue weighted by atomic mass is 16.7. The van der Waals surface area contributed by atoms with Gasteiger partial charge in [-0.05, 0) is 54.8 Å². The number of aromatic hydroxyl groups is 4. The van der Waals surface area contributed by atoms with Crippen LogP contribution < -0.4 is 0 Å². The van der Waals surface area contributed by atoms with Crippen LogP contribution in [0.5, 0.6) is 23.0 Å². The molecule has 2 aromatic rings. The van der Waals surface area contributed by atoms with Crippen molar-refractivity contribution in [1.82, 2.24) is 0 Å². The van der Waals surface area contributed by atoms with E-state index in [2.05, 4.69) is 0 Å². The average Bonchev–Trinajstić information content (AvgIpc) is 3.02. The Kier molecular flexibility index (Phi) is 12.0. The molecule has 0 bridgehead atoms. The molecule has 16 nitrogen and oxygen atoms in total. The number of benzene rings is 2. The van der Waals surface area contributed by atoms with E-state index >= 15 is 0 Å². The Bertz CT molecular complexity index is 1410. The SMILES string of the molecule is CC(=O)O[C@H]1[C@H](OCCc2ccc(O)c(O)c2)O[C@H](COC(=O)C=Cc2ccc(O)c(O)c2)[C@@H](O)[C@@H]1O[C@@H]1O[C@@H](C)[C@H](O)[C@@H](O)[C@H]1O. The van der Waals surface area contributed by atoms with Crippen molar-refractivity contribution in [3.8, 4) is 23.0 Å². The molecule has 0 aliphatic carbocycles. The molecule has 0 unspecified atom stereocenters. The maximum absolute atomic E-state index is 12.5. The smallest absolute Gasteiger partial charge is 0.330 e. The third-order valence-electron chi connectivity index (χ3n) is 7.53. The lowest BCUT2D eigenvalue weighted by Crippen LogP contribution is -2.65. The van der Waals surface area contributed by atoms with Crippen LogP contribution in [0.3, 0.4) is 0 Å². The van der Waals surface area contributed by atoms with Crippen molar-refractivity contribution in [1.29, 1.82) is 0 Å². The zero-order chi connectivity index (χ0) is 34.4. The number of aliphatic hydroxyl groups is 4. The highest BCUT2D eigenvalue weighted by molar-refractivity contribution is 5.87. The van der Waals surface area contributed by atoms with Crippen LogP contribution >= 0.6 is 0 Å². The fourth-order valence-corrected chi connectivity index (χ4v) is 4.95. The first-order valence-electron chi connectivity index (χ1n) is 14.6. The van der Waals surface area contributed by atoms with E-state index in [1.54, 1.807) is 0 Å². The minimum absolute atomic E-state index is 0.103. The van der Waals surface area contributed by atoms with E-state index in [1.807, 2.05) is 0 Å². The lowest BCUT2D eigenvalue weighted by molar-refractivity contribution is -0.357. The molecule has 2 aliphatic rings. The van der Waals surface area contributed by atoms with Gasteiger partial charge in [-0.25, -0.2) is 4.79 Å². The van der Waals surface area contributed by atoms with Gasteiger partial charge in [-0.2, -0.15) is 0 Å². The highest BCUT2D eigenvalue weighted by Gasteiger charge is 2.52. The van der Waals surface area contributed by atoms with E-state index in [1.165, 1.54) is 49.4 Å². The fraction of sp³-hybridized carbons (Fsp3) is 0.484. The van der Waals surface area contributed by atoms with Crippen LogP contribution in [0.2, 0.25) is 0 Å². The van der Waals surface area contributed by atoms with Crippen molar-refractivity contribution in [2.45, 2.75) is 81.7 Å². The second-order valence-corrected chi connectivity index (χ2v) is 11.0. The molecule has 0 amide bonds. The molecule has 2 heterocycles. The molecule has 2 fully saturated rings. The monoisotopic (exact) mass is 666 g/mol. The van der Waals surface area contributed by atoms with Crippen LogP contribution in [0.1, 0.15) is 25.0 Å². The first-order chi connectivity index (χ1) is 22.2. The summed E-state index contributed by atoms with van der Waals surface area (Å²) in [5.41, 5.74) is 0.930. The maximum Gasteiger partial charge on any atom is 0.330 e. The van der Waals surface area contributed by atoms with Crippen LogP contribution in [-0.4, -0.2) is 127 Å². The predicted molar refractivity (Wildman–Crippen MR) is 157 cm³/mol. The molecular formula is C31H38O16. The topological polar surface area (TPSA) is 251 Å². The normalized spacial score (nSPS) is 31.0. The van der Waals surface area contributed by atoms with E-state index in [4.69, 9.17) is 28.4 Å². The molecule has 47 heavy (non-hydrogen) atoms. The van der Waals surface area contributed by atoms with Gasteiger partial charge in [0.2, 0.25) is 0 Å². The van der Waals surface area contributed by atoms with Crippen LogP contribution in [0.4, 0.5) is 0 Å². The minimum atomic E-state index is -1.78. The number of phenolic OH excluding ortho intramolecular Hbond substituents is 4. The Hall–Kier alpha value is -4.00. The number of hydrogen-bond acceptors (Lipinski definition) is 16. The van der Waals surface area contributed by atoms with E-state index in [0.29, 0.717) is 11.1 Å². The first kappa shape index (κ1) is 35.8. The molecule has 0 saturated carbocycles. The van der Waals surface area contributed by atoms with Crippen molar-refractivity contribution >= 4 is 18.0 Å². The molecule has 10 atom stereocenters. The maximum atomic E-state index is 12.5. The fourth-order valence-electron chi connectivity index (χ4n) is 4.95. The second-order valence-electron chi connectivity index (χ2n) is 11.0. The third kappa shape index (κ3) is 9.09. The molecule has 2 aromatic carbocycles. The molecule has 0 spiro atoms. The number of phenols is 4. The largest absolute Gasteiger partial charge is 0.504 e. The summed E-state index contributed by atoms with van der Waals surface area (Å²) in [6.07, 6.45) is -12.6. The van der Waals surface area contributed by atoms with Gasteiger partial charge < -0.3 is 69.3 Å². The van der Waals surface area contributed by atoms with Crippen LogP contribution in [0, 0.1) is 0 Å². The molecule has 2 aliphatic heterocycles. The number of esters is 2. The summed E-state index contributed by atoms with van der Waals surface area (Å²) in [5.74, 6) is -3.11. The number of rotatable bonds is 11. The number of carbonyl (C=O) groups excluding carboxylic acids is 2. The van der Waals surface area contributed by atoms with Crippen molar-refractivity contribution in [2.24, 2.45) is 0 Å². The Morgan fingerprint density at radius 1 is 0.809 bits per heavy atom. The van der Waals surface area contributed by atoms with Crippen molar-refractivity contribution in [3.63, 3.8) is 0 Å². The number of hydrogen-bond donors (Lipinski definition) is 8. The van der Waals surface area contributed by atoms with Crippen LogP contribution in [0.25, 0.3) is 6.08 Å². The minimum Gasteiger partial charge on any atom is -0.504 e. The lowest BCUT2D eigenvalue weighted by Gasteiger charge is -2.46. The number of ether oxygens (including phenoxy) is 6. The zero-order valence-corrected chi connectivity index (χ0v) is 25.4. The van der Waals surface area contributed by atoms with Crippen molar-refractivity contribution < 1.29 is 78.9 Å². The second kappa shape index (κ2) is 15.7. The Labute approximate surface area is 268 Å². The summed E-state index contributed by atoms with van der Waals surface area (Å²) in [6.45, 7) is 1.83. The van der Waals surface area contributed by atoms with Gasteiger partial charge in [-0.3, -0.25) is 4.79 Å².